The fourth-order valence-electron chi connectivity index (χ4n) is 2.73. The molecule has 2 rings (SSSR count). The van der Waals surface area contributed by atoms with Crippen LogP contribution in [0.5, 0.6) is 0 Å². The molecule has 0 saturated carbocycles. The van der Waals surface area contributed by atoms with Gasteiger partial charge in [-0.25, -0.2) is 0 Å². The quantitative estimate of drug-likeness (QED) is 0.870. The van der Waals surface area contributed by atoms with Crippen LogP contribution in [0.25, 0.3) is 0 Å². The van der Waals surface area contributed by atoms with E-state index in [0.29, 0.717) is 12.0 Å². The third-order valence-electron chi connectivity index (χ3n) is 3.86. The molecular weight excluding hydrogens is 232 g/mol. The first kappa shape index (κ1) is 12.7. The molecule has 0 radical (unpaired) electrons. The molecule has 1 aromatic rings. The lowest BCUT2D eigenvalue weighted by atomic mass is 9.93. The van der Waals surface area contributed by atoms with Crippen molar-refractivity contribution in [3.8, 4) is 0 Å². The molecule has 0 bridgehead atoms. The maximum atomic E-state index is 6.19. The number of hydrogen-bond acceptors (Lipinski definition) is 2. The molecular formula is C14H21ClN2. The topological polar surface area (TPSA) is 15.3 Å². The van der Waals surface area contributed by atoms with Gasteiger partial charge in [-0.05, 0) is 44.0 Å². The van der Waals surface area contributed by atoms with Gasteiger partial charge in [0.2, 0.25) is 0 Å². The standard InChI is InChI=1S/C14H21ClN2/c1-10-9-17(8-7-13(10)16-3)14-6-4-5-12(15)11(14)2/h4-6,10,13,16H,7-9H2,1-3H3. The first-order valence-corrected chi connectivity index (χ1v) is 6.68. The number of rotatable bonds is 2. The van der Waals surface area contributed by atoms with Crippen molar-refractivity contribution in [2.45, 2.75) is 26.3 Å². The molecule has 1 fully saturated rings. The molecule has 2 atom stereocenters. The van der Waals surface area contributed by atoms with Crippen LogP contribution in [0, 0.1) is 12.8 Å². The molecule has 0 aliphatic carbocycles. The molecule has 0 amide bonds. The molecule has 17 heavy (non-hydrogen) atoms. The summed E-state index contributed by atoms with van der Waals surface area (Å²) in [5, 5.41) is 4.27. The minimum Gasteiger partial charge on any atom is -0.371 e. The van der Waals surface area contributed by atoms with E-state index in [1.807, 2.05) is 12.1 Å². The molecule has 1 N–H and O–H groups in total. The van der Waals surface area contributed by atoms with Crippen molar-refractivity contribution >= 4 is 17.3 Å². The molecule has 1 heterocycles. The van der Waals surface area contributed by atoms with Gasteiger partial charge in [0.25, 0.3) is 0 Å². The van der Waals surface area contributed by atoms with Gasteiger partial charge in [-0.15, -0.1) is 0 Å². The fourth-order valence-corrected chi connectivity index (χ4v) is 2.90. The van der Waals surface area contributed by atoms with Gasteiger partial charge in [-0.3, -0.25) is 0 Å². The normalized spacial score (nSPS) is 25.1. The summed E-state index contributed by atoms with van der Waals surface area (Å²) in [7, 11) is 2.06. The maximum Gasteiger partial charge on any atom is 0.0455 e. The Balaban J connectivity index is 2.16. The van der Waals surface area contributed by atoms with Crippen molar-refractivity contribution in [3.63, 3.8) is 0 Å². The van der Waals surface area contributed by atoms with Crippen molar-refractivity contribution in [1.29, 1.82) is 0 Å². The second kappa shape index (κ2) is 5.28. The van der Waals surface area contributed by atoms with Gasteiger partial charge in [-0.1, -0.05) is 24.6 Å². The summed E-state index contributed by atoms with van der Waals surface area (Å²) in [5.41, 5.74) is 2.49. The van der Waals surface area contributed by atoms with Crippen LogP contribution in [-0.2, 0) is 0 Å². The molecule has 94 valence electrons. The Labute approximate surface area is 109 Å². The van der Waals surface area contributed by atoms with Crippen LogP contribution in [0.1, 0.15) is 18.9 Å². The lowest BCUT2D eigenvalue weighted by Gasteiger charge is -2.39. The van der Waals surface area contributed by atoms with Gasteiger partial charge >= 0.3 is 0 Å². The van der Waals surface area contributed by atoms with Crippen molar-refractivity contribution in [2.75, 3.05) is 25.0 Å². The Hall–Kier alpha value is -0.730. The summed E-state index contributed by atoms with van der Waals surface area (Å²) in [6.45, 7) is 6.63. The van der Waals surface area contributed by atoms with Crippen LogP contribution in [0.2, 0.25) is 5.02 Å². The summed E-state index contributed by atoms with van der Waals surface area (Å²) in [6.07, 6.45) is 1.20. The average molecular weight is 253 g/mol. The molecule has 0 spiro atoms. The number of piperidine rings is 1. The Bertz CT molecular complexity index is 392. The predicted octanol–water partition coefficient (Wildman–Crippen LogP) is 3.08. The Morgan fingerprint density at radius 2 is 2.18 bits per heavy atom. The summed E-state index contributed by atoms with van der Waals surface area (Å²) >= 11 is 6.19. The van der Waals surface area contributed by atoms with E-state index in [1.54, 1.807) is 0 Å². The Morgan fingerprint density at radius 1 is 1.41 bits per heavy atom. The summed E-state index contributed by atoms with van der Waals surface area (Å²) in [6, 6.07) is 6.82. The van der Waals surface area contributed by atoms with Gasteiger partial charge in [0.05, 0.1) is 0 Å². The van der Waals surface area contributed by atoms with Gasteiger partial charge < -0.3 is 10.2 Å². The predicted molar refractivity (Wildman–Crippen MR) is 75.0 cm³/mol. The van der Waals surface area contributed by atoms with Crippen LogP contribution in [0.4, 0.5) is 5.69 Å². The highest BCUT2D eigenvalue weighted by Gasteiger charge is 2.25. The Kier molecular flexibility index (Phi) is 3.95. The number of anilines is 1. The second-order valence-electron chi connectivity index (χ2n) is 4.99. The third kappa shape index (κ3) is 2.58. The van der Waals surface area contributed by atoms with Gasteiger partial charge in [-0.2, -0.15) is 0 Å². The molecule has 0 aromatic heterocycles. The fraction of sp³-hybridized carbons (Fsp3) is 0.571. The van der Waals surface area contributed by atoms with E-state index >= 15 is 0 Å². The first-order chi connectivity index (χ1) is 8.13. The van der Waals surface area contributed by atoms with Crippen molar-refractivity contribution in [1.82, 2.24) is 5.32 Å². The number of nitrogens with zero attached hydrogens (tertiary/aromatic N) is 1. The van der Waals surface area contributed by atoms with E-state index < -0.39 is 0 Å². The summed E-state index contributed by atoms with van der Waals surface area (Å²) < 4.78 is 0. The zero-order valence-electron chi connectivity index (χ0n) is 10.8. The molecule has 1 aliphatic rings. The van der Waals surface area contributed by atoms with E-state index in [1.165, 1.54) is 17.7 Å². The van der Waals surface area contributed by atoms with E-state index in [-0.39, 0.29) is 0 Å². The minimum absolute atomic E-state index is 0.644. The molecule has 2 nitrogen and oxygen atoms in total. The molecule has 3 heteroatoms. The second-order valence-corrected chi connectivity index (χ2v) is 5.40. The van der Waals surface area contributed by atoms with Crippen LogP contribution in [-0.4, -0.2) is 26.2 Å². The van der Waals surface area contributed by atoms with Gasteiger partial charge in [0.1, 0.15) is 0 Å². The highest BCUT2D eigenvalue weighted by atomic mass is 35.5. The third-order valence-corrected chi connectivity index (χ3v) is 4.27. The molecule has 2 unspecified atom stereocenters. The number of nitrogens with one attached hydrogen (secondary N) is 1. The van der Waals surface area contributed by atoms with Crippen molar-refractivity contribution in [2.24, 2.45) is 5.92 Å². The van der Waals surface area contributed by atoms with E-state index in [2.05, 4.69) is 37.2 Å². The van der Waals surface area contributed by atoms with E-state index in [9.17, 15) is 0 Å². The lowest BCUT2D eigenvalue weighted by Crippen LogP contribution is -2.47. The zero-order valence-corrected chi connectivity index (χ0v) is 11.6. The van der Waals surface area contributed by atoms with Crippen molar-refractivity contribution < 1.29 is 0 Å². The molecule has 1 aliphatic heterocycles. The zero-order chi connectivity index (χ0) is 12.4. The van der Waals surface area contributed by atoms with Crippen molar-refractivity contribution in [3.05, 3.63) is 28.8 Å². The number of halogens is 1. The summed E-state index contributed by atoms with van der Waals surface area (Å²) in [4.78, 5) is 2.46. The van der Waals surface area contributed by atoms with Crippen LogP contribution in [0.3, 0.4) is 0 Å². The molecule has 1 aromatic carbocycles. The highest BCUT2D eigenvalue weighted by Crippen LogP contribution is 2.29. The van der Waals surface area contributed by atoms with Gasteiger partial charge in [0, 0.05) is 29.8 Å². The minimum atomic E-state index is 0.644. The van der Waals surface area contributed by atoms with Crippen LogP contribution < -0.4 is 10.2 Å². The van der Waals surface area contributed by atoms with Crippen LogP contribution in [0.15, 0.2) is 18.2 Å². The van der Waals surface area contributed by atoms with E-state index in [0.717, 1.165) is 18.1 Å². The number of benzene rings is 1. The van der Waals surface area contributed by atoms with E-state index in [4.69, 9.17) is 11.6 Å². The smallest absolute Gasteiger partial charge is 0.0455 e. The molecule has 1 saturated heterocycles. The monoisotopic (exact) mass is 252 g/mol. The summed E-state index contributed by atoms with van der Waals surface area (Å²) in [5.74, 6) is 0.673. The lowest BCUT2D eigenvalue weighted by molar-refractivity contribution is 0.338. The van der Waals surface area contributed by atoms with Gasteiger partial charge in [0.15, 0.2) is 0 Å². The first-order valence-electron chi connectivity index (χ1n) is 6.30. The van der Waals surface area contributed by atoms with Crippen LogP contribution >= 0.6 is 11.6 Å². The largest absolute Gasteiger partial charge is 0.371 e. The highest BCUT2D eigenvalue weighted by molar-refractivity contribution is 6.31. The average Bonchev–Trinajstić information content (AvgIpc) is 2.32. The maximum absolute atomic E-state index is 6.19. The SMILES string of the molecule is CNC1CCN(c2cccc(Cl)c2C)CC1C. The number of hydrogen-bond donors (Lipinski definition) is 1. The Morgan fingerprint density at radius 3 is 2.82 bits per heavy atom.